The number of benzene rings is 2. The molecule has 0 aromatic heterocycles. The van der Waals surface area contributed by atoms with Crippen LogP contribution >= 0.6 is 11.6 Å². The maximum absolute atomic E-state index is 13.5. The van der Waals surface area contributed by atoms with Crippen molar-refractivity contribution in [3.8, 4) is 0 Å². The van der Waals surface area contributed by atoms with Crippen LogP contribution in [0.1, 0.15) is 5.56 Å². The summed E-state index contributed by atoms with van der Waals surface area (Å²) in [5.74, 6) is -1.52. The molecule has 0 heterocycles. The SMILES string of the molecule is CN(Cc1cccc(Cl)c1)C(=O)Nc1ccc(F)cc1F. The second kappa shape index (κ2) is 6.54. The lowest BCUT2D eigenvalue weighted by atomic mass is 10.2. The molecule has 0 radical (unpaired) electrons. The monoisotopic (exact) mass is 310 g/mol. The number of amides is 2. The zero-order valence-corrected chi connectivity index (χ0v) is 12.0. The van der Waals surface area contributed by atoms with Gasteiger partial charge in [-0.15, -0.1) is 0 Å². The number of nitrogens with zero attached hydrogens (tertiary/aromatic N) is 1. The first kappa shape index (κ1) is 15.3. The number of carbonyl (C=O) groups is 1. The van der Waals surface area contributed by atoms with Crippen LogP contribution in [-0.2, 0) is 6.54 Å². The predicted octanol–water partition coefficient (Wildman–Crippen LogP) is 4.28. The van der Waals surface area contributed by atoms with E-state index in [1.807, 2.05) is 6.07 Å². The van der Waals surface area contributed by atoms with Crippen molar-refractivity contribution in [3.05, 3.63) is 64.7 Å². The summed E-state index contributed by atoms with van der Waals surface area (Å²) in [6.45, 7) is 0.315. The Labute approximate surface area is 126 Å². The van der Waals surface area contributed by atoms with Crippen molar-refractivity contribution in [1.29, 1.82) is 0 Å². The van der Waals surface area contributed by atoms with Crippen LogP contribution in [0.2, 0.25) is 5.02 Å². The third kappa shape index (κ3) is 4.16. The van der Waals surface area contributed by atoms with E-state index in [4.69, 9.17) is 11.6 Å². The number of halogens is 3. The number of rotatable bonds is 3. The van der Waals surface area contributed by atoms with E-state index in [0.29, 0.717) is 17.6 Å². The minimum absolute atomic E-state index is 0.0701. The molecule has 0 aliphatic heterocycles. The fourth-order valence-corrected chi connectivity index (χ4v) is 2.00. The van der Waals surface area contributed by atoms with Gasteiger partial charge in [-0.05, 0) is 29.8 Å². The summed E-state index contributed by atoms with van der Waals surface area (Å²) in [5, 5.41) is 2.96. The lowest BCUT2D eigenvalue weighted by Gasteiger charge is -2.18. The minimum Gasteiger partial charge on any atom is -0.323 e. The van der Waals surface area contributed by atoms with Crippen molar-refractivity contribution in [3.63, 3.8) is 0 Å². The Kier molecular flexibility index (Phi) is 4.75. The zero-order valence-electron chi connectivity index (χ0n) is 11.2. The van der Waals surface area contributed by atoms with Crippen molar-refractivity contribution in [2.24, 2.45) is 0 Å². The molecule has 0 atom stereocenters. The number of hydrogen-bond donors (Lipinski definition) is 1. The number of urea groups is 1. The molecular formula is C15H13ClF2N2O. The molecule has 0 saturated carbocycles. The highest BCUT2D eigenvalue weighted by Crippen LogP contribution is 2.16. The minimum atomic E-state index is -0.820. The molecule has 2 aromatic carbocycles. The highest BCUT2D eigenvalue weighted by atomic mass is 35.5. The van der Waals surface area contributed by atoms with Gasteiger partial charge in [-0.25, -0.2) is 13.6 Å². The first-order valence-corrected chi connectivity index (χ1v) is 6.55. The van der Waals surface area contributed by atoms with E-state index in [9.17, 15) is 13.6 Å². The van der Waals surface area contributed by atoms with Crippen LogP contribution < -0.4 is 5.32 Å². The molecule has 2 rings (SSSR count). The number of anilines is 1. The second-order valence-corrected chi connectivity index (χ2v) is 4.98. The quantitative estimate of drug-likeness (QED) is 0.901. The van der Waals surface area contributed by atoms with Crippen LogP contribution in [0, 0.1) is 11.6 Å². The van der Waals surface area contributed by atoms with Crippen LogP contribution in [0.3, 0.4) is 0 Å². The highest BCUT2D eigenvalue weighted by molar-refractivity contribution is 6.30. The number of carbonyl (C=O) groups excluding carboxylic acids is 1. The molecule has 0 aliphatic rings. The van der Waals surface area contributed by atoms with Gasteiger partial charge in [-0.2, -0.15) is 0 Å². The molecule has 0 spiro atoms. The van der Waals surface area contributed by atoms with Gasteiger partial charge < -0.3 is 10.2 Å². The van der Waals surface area contributed by atoms with Crippen LogP contribution in [0.25, 0.3) is 0 Å². The Hall–Kier alpha value is -2.14. The molecule has 0 fully saturated rings. The van der Waals surface area contributed by atoms with Gasteiger partial charge in [0, 0.05) is 24.7 Å². The topological polar surface area (TPSA) is 32.3 Å². The van der Waals surface area contributed by atoms with Crippen LogP contribution in [-0.4, -0.2) is 18.0 Å². The van der Waals surface area contributed by atoms with E-state index in [2.05, 4.69) is 5.32 Å². The second-order valence-electron chi connectivity index (χ2n) is 4.54. The van der Waals surface area contributed by atoms with Crippen LogP contribution in [0.5, 0.6) is 0 Å². The summed E-state index contributed by atoms with van der Waals surface area (Å²) in [6.07, 6.45) is 0. The van der Waals surface area contributed by atoms with Gasteiger partial charge in [-0.3, -0.25) is 0 Å². The van der Waals surface area contributed by atoms with Gasteiger partial charge in [0.15, 0.2) is 0 Å². The van der Waals surface area contributed by atoms with Crippen molar-refractivity contribution >= 4 is 23.3 Å². The van der Waals surface area contributed by atoms with Gasteiger partial charge >= 0.3 is 6.03 Å². The Bertz CT molecular complexity index is 664. The summed E-state index contributed by atoms with van der Waals surface area (Å²) in [7, 11) is 1.57. The lowest BCUT2D eigenvalue weighted by Crippen LogP contribution is -2.31. The van der Waals surface area contributed by atoms with E-state index in [1.54, 1.807) is 25.2 Å². The third-order valence-corrected chi connectivity index (χ3v) is 3.06. The van der Waals surface area contributed by atoms with E-state index in [0.717, 1.165) is 11.6 Å². The standard InChI is InChI=1S/C15H13ClF2N2O/c1-20(9-10-3-2-4-11(16)7-10)15(21)19-14-6-5-12(17)8-13(14)18/h2-8H,9H2,1H3,(H,19,21). The molecule has 3 nitrogen and oxygen atoms in total. The van der Waals surface area contributed by atoms with Gasteiger partial charge in [0.25, 0.3) is 0 Å². The normalized spacial score (nSPS) is 10.3. The molecule has 0 bridgehead atoms. The Morgan fingerprint density at radius 2 is 2.00 bits per heavy atom. The van der Waals surface area contributed by atoms with Crippen molar-refractivity contribution in [2.45, 2.75) is 6.54 Å². The molecule has 0 unspecified atom stereocenters. The molecule has 1 N–H and O–H groups in total. The summed E-state index contributed by atoms with van der Waals surface area (Å²) >= 11 is 5.87. The molecule has 6 heteroatoms. The number of nitrogens with one attached hydrogen (secondary N) is 1. The van der Waals surface area contributed by atoms with Gasteiger partial charge in [0.1, 0.15) is 11.6 Å². The van der Waals surface area contributed by atoms with E-state index in [-0.39, 0.29) is 5.69 Å². The predicted molar refractivity (Wildman–Crippen MR) is 78.3 cm³/mol. The average molecular weight is 311 g/mol. The van der Waals surface area contributed by atoms with Gasteiger partial charge in [-0.1, -0.05) is 23.7 Å². The zero-order chi connectivity index (χ0) is 15.4. The Morgan fingerprint density at radius 1 is 1.24 bits per heavy atom. The Balaban J connectivity index is 2.02. The van der Waals surface area contributed by atoms with E-state index < -0.39 is 17.7 Å². The maximum atomic E-state index is 13.5. The molecule has 110 valence electrons. The fraction of sp³-hybridized carbons (Fsp3) is 0.133. The lowest BCUT2D eigenvalue weighted by molar-refractivity contribution is 0.220. The van der Waals surface area contributed by atoms with Gasteiger partial charge in [0.2, 0.25) is 0 Å². The molecule has 0 aliphatic carbocycles. The summed E-state index contributed by atoms with van der Waals surface area (Å²) in [5.41, 5.74) is 0.777. The number of hydrogen-bond acceptors (Lipinski definition) is 1. The van der Waals surface area contributed by atoms with E-state index in [1.165, 1.54) is 11.0 Å². The average Bonchev–Trinajstić information content (AvgIpc) is 2.41. The highest BCUT2D eigenvalue weighted by Gasteiger charge is 2.12. The first-order valence-electron chi connectivity index (χ1n) is 6.17. The van der Waals surface area contributed by atoms with E-state index >= 15 is 0 Å². The molecular weight excluding hydrogens is 298 g/mol. The third-order valence-electron chi connectivity index (χ3n) is 2.83. The summed E-state index contributed by atoms with van der Waals surface area (Å²) in [6, 6.07) is 9.55. The summed E-state index contributed by atoms with van der Waals surface area (Å²) in [4.78, 5) is 13.3. The largest absolute Gasteiger partial charge is 0.323 e. The molecule has 0 saturated heterocycles. The summed E-state index contributed by atoms with van der Waals surface area (Å²) < 4.78 is 26.3. The van der Waals surface area contributed by atoms with Crippen LogP contribution in [0.4, 0.5) is 19.3 Å². The molecule has 2 aromatic rings. The van der Waals surface area contributed by atoms with Crippen LogP contribution in [0.15, 0.2) is 42.5 Å². The molecule has 2 amide bonds. The van der Waals surface area contributed by atoms with Crippen molar-refractivity contribution in [1.82, 2.24) is 4.90 Å². The first-order chi connectivity index (χ1) is 9.95. The molecule has 21 heavy (non-hydrogen) atoms. The van der Waals surface area contributed by atoms with Gasteiger partial charge in [0.05, 0.1) is 5.69 Å². The smallest absolute Gasteiger partial charge is 0.321 e. The maximum Gasteiger partial charge on any atom is 0.321 e. The fourth-order valence-electron chi connectivity index (χ4n) is 1.78. The van der Waals surface area contributed by atoms with Crippen molar-refractivity contribution < 1.29 is 13.6 Å². The van der Waals surface area contributed by atoms with Crippen molar-refractivity contribution in [2.75, 3.05) is 12.4 Å². The Morgan fingerprint density at radius 3 is 2.67 bits per heavy atom.